The molecule has 0 radical (unpaired) electrons. The van der Waals surface area contributed by atoms with Gasteiger partial charge in [0.2, 0.25) is 0 Å². The number of nitrogen functional groups attached to an aromatic ring is 1. The molecule has 1 aromatic rings. The first-order chi connectivity index (χ1) is 9.17. The number of hydrogen-bond donors (Lipinski definition) is 2. The summed E-state index contributed by atoms with van der Waals surface area (Å²) in [6.07, 6.45) is 2.67. The number of hydrogen-bond acceptors (Lipinski definition) is 4. The monoisotopic (exact) mass is 263 g/mol. The summed E-state index contributed by atoms with van der Waals surface area (Å²) >= 11 is 0. The van der Waals surface area contributed by atoms with Gasteiger partial charge in [0.25, 0.3) is 0 Å². The number of nitrogens with two attached hydrogens (primary N) is 1. The molecule has 0 saturated carbocycles. The molecule has 1 aliphatic heterocycles. The first-order valence-electron chi connectivity index (χ1n) is 7.19. The zero-order valence-corrected chi connectivity index (χ0v) is 12.0. The van der Waals surface area contributed by atoms with Crippen LogP contribution in [0.3, 0.4) is 0 Å². The van der Waals surface area contributed by atoms with Gasteiger partial charge in [-0.05, 0) is 45.8 Å². The second kappa shape index (κ2) is 6.66. The van der Waals surface area contributed by atoms with Crippen LogP contribution in [0.1, 0.15) is 26.7 Å². The van der Waals surface area contributed by atoms with Crippen molar-refractivity contribution in [1.29, 1.82) is 0 Å². The molecule has 106 valence electrons. The van der Waals surface area contributed by atoms with Gasteiger partial charge in [-0.25, -0.2) is 0 Å². The molecule has 1 saturated heterocycles. The van der Waals surface area contributed by atoms with Crippen LogP contribution in [-0.4, -0.2) is 37.2 Å². The first kappa shape index (κ1) is 14.0. The van der Waals surface area contributed by atoms with E-state index in [0.29, 0.717) is 12.6 Å². The van der Waals surface area contributed by atoms with E-state index in [1.165, 1.54) is 25.9 Å². The van der Waals surface area contributed by atoms with Gasteiger partial charge in [0.1, 0.15) is 5.75 Å². The number of likely N-dealkylation sites (tertiary alicyclic amines) is 1. The minimum absolute atomic E-state index is 0.411. The van der Waals surface area contributed by atoms with Gasteiger partial charge in [0.05, 0.1) is 6.61 Å². The predicted octanol–water partition coefficient (Wildman–Crippen LogP) is 2.56. The summed E-state index contributed by atoms with van der Waals surface area (Å²) in [6, 6.07) is 6.25. The van der Waals surface area contributed by atoms with Crippen LogP contribution in [0.4, 0.5) is 11.4 Å². The van der Waals surface area contributed by atoms with Crippen LogP contribution in [0, 0.1) is 0 Å². The Morgan fingerprint density at radius 2 is 2.05 bits per heavy atom. The summed E-state index contributed by atoms with van der Waals surface area (Å²) in [5.74, 6) is 0.832. The van der Waals surface area contributed by atoms with E-state index in [2.05, 4.69) is 17.1 Å². The van der Waals surface area contributed by atoms with E-state index in [1.807, 2.05) is 25.1 Å². The lowest BCUT2D eigenvalue weighted by Gasteiger charge is -2.22. The number of benzene rings is 1. The first-order valence-corrected chi connectivity index (χ1v) is 7.19. The standard InChI is InChI=1S/C15H25N3O/c1-3-19-15-9-13(16)8-14(10-15)17-12(2)11-18-6-4-5-7-18/h8-10,12,17H,3-7,11,16H2,1-2H3. The van der Waals surface area contributed by atoms with Gasteiger partial charge in [0.15, 0.2) is 0 Å². The van der Waals surface area contributed by atoms with Crippen molar-refractivity contribution in [3.05, 3.63) is 18.2 Å². The molecule has 3 N–H and O–H groups in total. The molecule has 1 atom stereocenters. The van der Waals surface area contributed by atoms with Crippen LogP contribution in [-0.2, 0) is 0 Å². The summed E-state index contributed by atoms with van der Waals surface area (Å²) in [6.45, 7) is 8.39. The van der Waals surface area contributed by atoms with Gasteiger partial charge >= 0.3 is 0 Å². The van der Waals surface area contributed by atoms with Crippen LogP contribution in [0.25, 0.3) is 0 Å². The van der Waals surface area contributed by atoms with Gasteiger partial charge in [-0.1, -0.05) is 0 Å². The normalized spacial score (nSPS) is 17.4. The van der Waals surface area contributed by atoms with E-state index in [1.54, 1.807) is 0 Å². The van der Waals surface area contributed by atoms with Crippen LogP contribution < -0.4 is 15.8 Å². The molecular formula is C15H25N3O. The van der Waals surface area contributed by atoms with Gasteiger partial charge in [-0.2, -0.15) is 0 Å². The Balaban J connectivity index is 1.93. The smallest absolute Gasteiger partial charge is 0.123 e. The number of nitrogens with one attached hydrogen (secondary N) is 1. The lowest BCUT2D eigenvalue weighted by molar-refractivity contribution is 0.327. The van der Waals surface area contributed by atoms with Crippen molar-refractivity contribution >= 4 is 11.4 Å². The number of anilines is 2. The molecule has 0 aromatic heterocycles. The lowest BCUT2D eigenvalue weighted by atomic mass is 10.2. The second-order valence-electron chi connectivity index (χ2n) is 5.28. The number of nitrogens with zero attached hydrogens (tertiary/aromatic N) is 1. The number of rotatable bonds is 6. The van der Waals surface area contributed by atoms with Gasteiger partial charge in [-0.3, -0.25) is 0 Å². The quantitative estimate of drug-likeness (QED) is 0.775. The van der Waals surface area contributed by atoms with Gasteiger partial charge in [-0.15, -0.1) is 0 Å². The molecule has 4 nitrogen and oxygen atoms in total. The highest BCUT2D eigenvalue weighted by molar-refractivity contribution is 5.59. The zero-order chi connectivity index (χ0) is 13.7. The maximum atomic E-state index is 5.90. The van der Waals surface area contributed by atoms with E-state index >= 15 is 0 Å². The summed E-state index contributed by atoms with van der Waals surface area (Å²) in [5, 5.41) is 3.51. The Morgan fingerprint density at radius 3 is 2.74 bits per heavy atom. The molecule has 1 unspecified atom stereocenters. The summed E-state index contributed by atoms with van der Waals surface area (Å²) in [7, 11) is 0. The molecule has 0 amide bonds. The predicted molar refractivity (Wildman–Crippen MR) is 80.8 cm³/mol. The topological polar surface area (TPSA) is 50.5 Å². The van der Waals surface area contributed by atoms with E-state index in [-0.39, 0.29) is 0 Å². The van der Waals surface area contributed by atoms with Crippen LogP contribution >= 0.6 is 0 Å². The SMILES string of the molecule is CCOc1cc(N)cc(NC(C)CN2CCCC2)c1. The van der Waals surface area contributed by atoms with Crippen molar-refractivity contribution < 1.29 is 4.74 Å². The molecule has 1 aromatic carbocycles. The fourth-order valence-corrected chi connectivity index (χ4v) is 2.64. The van der Waals surface area contributed by atoms with Crippen molar-refractivity contribution in [2.75, 3.05) is 37.3 Å². The van der Waals surface area contributed by atoms with E-state index < -0.39 is 0 Å². The molecule has 1 heterocycles. The largest absolute Gasteiger partial charge is 0.494 e. The molecule has 19 heavy (non-hydrogen) atoms. The van der Waals surface area contributed by atoms with Gasteiger partial charge < -0.3 is 20.7 Å². The number of ether oxygens (including phenoxy) is 1. The van der Waals surface area contributed by atoms with Crippen molar-refractivity contribution in [3.8, 4) is 5.75 Å². The fourth-order valence-electron chi connectivity index (χ4n) is 2.64. The van der Waals surface area contributed by atoms with Crippen molar-refractivity contribution in [3.63, 3.8) is 0 Å². The Bertz CT molecular complexity index is 402. The molecule has 0 spiro atoms. The summed E-state index contributed by atoms with van der Waals surface area (Å²) < 4.78 is 5.51. The third kappa shape index (κ3) is 4.31. The van der Waals surface area contributed by atoms with E-state index in [9.17, 15) is 0 Å². The molecule has 0 bridgehead atoms. The highest BCUT2D eigenvalue weighted by Gasteiger charge is 2.14. The molecule has 4 heteroatoms. The summed E-state index contributed by atoms with van der Waals surface area (Å²) in [5.41, 5.74) is 7.67. The Morgan fingerprint density at radius 1 is 1.32 bits per heavy atom. The third-order valence-electron chi connectivity index (χ3n) is 3.38. The van der Waals surface area contributed by atoms with E-state index in [0.717, 1.165) is 23.7 Å². The maximum absolute atomic E-state index is 5.90. The van der Waals surface area contributed by atoms with Crippen molar-refractivity contribution in [1.82, 2.24) is 4.90 Å². The average Bonchev–Trinajstić information content (AvgIpc) is 2.81. The second-order valence-corrected chi connectivity index (χ2v) is 5.28. The van der Waals surface area contributed by atoms with E-state index in [4.69, 9.17) is 10.5 Å². The molecule has 1 aliphatic rings. The molecular weight excluding hydrogens is 238 g/mol. The van der Waals surface area contributed by atoms with Crippen LogP contribution in [0.15, 0.2) is 18.2 Å². The average molecular weight is 263 g/mol. The summed E-state index contributed by atoms with van der Waals surface area (Å²) in [4.78, 5) is 2.51. The third-order valence-corrected chi connectivity index (χ3v) is 3.38. The molecule has 2 rings (SSSR count). The highest BCUT2D eigenvalue weighted by Crippen LogP contribution is 2.23. The minimum atomic E-state index is 0.411. The maximum Gasteiger partial charge on any atom is 0.123 e. The lowest BCUT2D eigenvalue weighted by Crippen LogP contribution is -2.32. The van der Waals surface area contributed by atoms with Gasteiger partial charge in [0, 0.05) is 36.1 Å². The van der Waals surface area contributed by atoms with Crippen molar-refractivity contribution in [2.24, 2.45) is 0 Å². The van der Waals surface area contributed by atoms with Crippen molar-refractivity contribution in [2.45, 2.75) is 32.7 Å². The Kier molecular flexibility index (Phi) is 4.91. The minimum Gasteiger partial charge on any atom is -0.494 e. The highest BCUT2D eigenvalue weighted by atomic mass is 16.5. The fraction of sp³-hybridized carbons (Fsp3) is 0.600. The Labute approximate surface area is 115 Å². The Hall–Kier alpha value is -1.42. The molecule has 0 aliphatic carbocycles. The van der Waals surface area contributed by atoms with Crippen LogP contribution in [0.2, 0.25) is 0 Å². The molecule has 1 fully saturated rings. The zero-order valence-electron chi connectivity index (χ0n) is 12.0. The van der Waals surface area contributed by atoms with Crippen LogP contribution in [0.5, 0.6) is 5.75 Å².